The van der Waals surface area contributed by atoms with Crippen LogP contribution in [-0.4, -0.2) is 29.1 Å². The fourth-order valence-corrected chi connectivity index (χ4v) is 3.65. The van der Waals surface area contributed by atoms with Crippen LogP contribution < -0.4 is 4.74 Å². The molecule has 1 saturated heterocycles. The standard InChI is InChI=1S/C20H27NO/c1-5-16-13-17(14-21(16)20(2,3)4)22-19-12-8-10-15-9-6-7-11-18(15)19/h6-12,16-17H,5,13-14H2,1-4H3. The van der Waals surface area contributed by atoms with Crippen LogP contribution >= 0.6 is 0 Å². The predicted molar refractivity (Wildman–Crippen MR) is 93.5 cm³/mol. The summed E-state index contributed by atoms with van der Waals surface area (Å²) in [4.78, 5) is 2.60. The molecular weight excluding hydrogens is 270 g/mol. The highest BCUT2D eigenvalue weighted by Crippen LogP contribution is 2.33. The molecule has 1 aliphatic rings. The van der Waals surface area contributed by atoms with Gasteiger partial charge in [-0.25, -0.2) is 0 Å². The molecule has 1 heterocycles. The van der Waals surface area contributed by atoms with Crippen molar-refractivity contribution in [2.24, 2.45) is 0 Å². The average molecular weight is 297 g/mol. The Morgan fingerprint density at radius 1 is 1.09 bits per heavy atom. The minimum absolute atomic E-state index is 0.206. The van der Waals surface area contributed by atoms with Crippen molar-refractivity contribution in [3.05, 3.63) is 42.5 Å². The van der Waals surface area contributed by atoms with Gasteiger partial charge in [0.1, 0.15) is 11.9 Å². The zero-order chi connectivity index (χ0) is 15.7. The van der Waals surface area contributed by atoms with Crippen molar-refractivity contribution in [2.45, 2.75) is 58.2 Å². The van der Waals surface area contributed by atoms with Crippen LogP contribution in [0.15, 0.2) is 42.5 Å². The first kappa shape index (κ1) is 15.4. The normalized spacial score (nSPS) is 23.1. The minimum atomic E-state index is 0.206. The predicted octanol–water partition coefficient (Wildman–Crippen LogP) is 4.87. The van der Waals surface area contributed by atoms with Gasteiger partial charge in [0.15, 0.2) is 0 Å². The highest BCUT2D eigenvalue weighted by atomic mass is 16.5. The van der Waals surface area contributed by atoms with Crippen molar-refractivity contribution in [3.8, 4) is 5.75 Å². The van der Waals surface area contributed by atoms with Crippen molar-refractivity contribution < 1.29 is 4.74 Å². The van der Waals surface area contributed by atoms with Gasteiger partial charge in [-0.05, 0) is 38.6 Å². The third-order valence-electron chi connectivity index (χ3n) is 4.75. The van der Waals surface area contributed by atoms with Crippen molar-refractivity contribution in [1.29, 1.82) is 0 Å². The molecule has 2 aromatic rings. The SMILES string of the molecule is CCC1CC(Oc2cccc3ccccc23)CN1C(C)(C)C. The molecule has 2 heteroatoms. The zero-order valence-corrected chi connectivity index (χ0v) is 14.2. The summed E-state index contributed by atoms with van der Waals surface area (Å²) in [5, 5.41) is 2.46. The highest BCUT2D eigenvalue weighted by molar-refractivity contribution is 5.88. The first-order valence-electron chi connectivity index (χ1n) is 8.40. The zero-order valence-electron chi connectivity index (χ0n) is 14.2. The van der Waals surface area contributed by atoms with Crippen LogP contribution in [0.3, 0.4) is 0 Å². The minimum Gasteiger partial charge on any atom is -0.488 e. The fourth-order valence-electron chi connectivity index (χ4n) is 3.65. The molecule has 0 bridgehead atoms. The first-order chi connectivity index (χ1) is 10.5. The summed E-state index contributed by atoms with van der Waals surface area (Å²) in [6.45, 7) is 10.2. The van der Waals surface area contributed by atoms with E-state index in [1.807, 2.05) is 0 Å². The lowest BCUT2D eigenvalue weighted by atomic mass is 10.0. The van der Waals surface area contributed by atoms with Crippen LogP contribution in [0.5, 0.6) is 5.75 Å². The van der Waals surface area contributed by atoms with E-state index in [0.29, 0.717) is 6.04 Å². The summed E-state index contributed by atoms with van der Waals surface area (Å²) < 4.78 is 6.40. The maximum Gasteiger partial charge on any atom is 0.127 e. The number of hydrogen-bond donors (Lipinski definition) is 0. The maximum atomic E-state index is 6.40. The van der Waals surface area contributed by atoms with Crippen LogP contribution in [-0.2, 0) is 0 Å². The summed E-state index contributed by atoms with van der Waals surface area (Å²) in [6.07, 6.45) is 2.60. The summed E-state index contributed by atoms with van der Waals surface area (Å²) in [5.41, 5.74) is 0.206. The molecule has 2 nitrogen and oxygen atoms in total. The van der Waals surface area contributed by atoms with E-state index in [9.17, 15) is 0 Å². The van der Waals surface area contributed by atoms with E-state index >= 15 is 0 Å². The summed E-state index contributed by atoms with van der Waals surface area (Å²) in [6, 6.07) is 15.4. The van der Waals surface area contributed by atoms with Gasteiger partial charge >= 0.3 is 0 Å². The largest absolute Gasteiger partial charge is 0.488 e. The van der Waals surface area contributed by atoms with Gasteiger partial charge in [-0.15, -0.1) is 0 Å². The first-order valence-corrected chi connectivity index (χ1v) is 8.40. The van der Waals surface area contributed by atoms with Gasteiger partial charge in [0.25, 0.3) is 0 Å². The van der Waals surface area contributed by atoms with Gasteiger partial charge in [-0.3, -0.25) is 4.90 Å². The monoisotopic (exact) mass is 297 g/mol. The highest BCUT2D eigenvalue weighted by Gasteiger charge is 2.38. The molecule has 0 aromatic heterocycles. The number of rotatable bonds is 3. The van der Waals surface area contributed by atoms with E-state index in [-0.39, 0.29) is 11.6 Å². The molecule has 22 heavy (non-hydrogen) atoms. The molecule has 0 spiro atoms. The van der Waals surface area contributed by atoms with Gasteiger partial charge in [0, 0.05) is 29.9 Å². The van der Waals surface area contributed by atoms with Gasteiger partial charge in [0.2, 0.25) is 0 Å². The molecule has 1 aliphatic heterocycles. The third kappa shape index (κ3) is 2.98. The number of likely N-dealkylation sites (tertiary alicyclic amines) is 1. The van der Waals surface area contributed by atoms with Crippen LogP contribution in [0.2, 0.25) is 0 Å². The average Bonchev–Trinajstić information content (AvgIpc) is 2.91. The van der Waals surface area contributed by atoms with Crippen molar-refractivity contribution in [2.75, 3.05) is 6.54 Å². The fraction of sp³-hybridized carbons (Fsp3) is 0.500. The molecule has 3 rings (SSSR count). The number of nitrogens with zero attached hydrogens (tertiary/aromatic N) is 1. The molecule has 0 saturated carbocycles. The van der Waals surface area contributed by atoms with Crippen molar-refractivity contribution in [3.63, 3.8) is 0 Å². The summed E-state index contributed by atoms with van der Waals surface area (Å²) in [7, 11) is 0. The van der Waals surface area contributed by atoms with E-state index in [2.05, 4.69) is 75.1 Å². The van der Waals surface area contributed by atoms with E-state index in [0.717, 1.165) is 18.7 Å². The van der Waals surface area contributed by atoms with Crippen LogP contribution in [0.1, 0.15) is 40.5 Å². The van der Waals surface area contributed by atoms with E-state index in [1.54, 1.807) is 0 Å². The van der Waals surface area contributed by atoms with Crippen molar-refractivity contribution in [1.82, 2.24) is 4.90 Å². The van der Waals surface area contributed by atoms with E-state index < -0.39 is 0 Å². The number of fused-ring (bicyclic) bond motifs is 1. The van der Waals surface area contributed by atoms with Crippen LogP contribution in [0, 0.1) is 0 Å². The van der Waals surface area contributed by atoms with Crippen LogP contribution in [0.4, 0.5) is 0 Å². The van der Waals surface area contributed by atoms with Crippen molar-refractivity contribution >= 4 is 10.8 Å². The van der Waals surface area contributed by atoms with Gasteiger partial charge in [0.05, 0.1) is 0 Å². The lowest BCUT2D eigenvalue weighted by Crippen LogP contribution is -2.44. The lowest BCUT2D eigenvalue weighted by Gasteiger charge is -2.36. The third-order valence-corrected chi connectivity index (χ3v) is 4.75. The number of benzene rings is 2. The molecule has 0 amide bonds. The Bertz CT molecular complexity index is 638. The molecule has 118 valence electrons. The molecule has 2 unspecified atom stereocenters. The lowest BCUT2D eigenvalue weighted by molar-refractivity contribution is 0.107. The Kier molecular flexibility index (Phi) is 4.14. The van der Waals surface area contributed by atoms with Gasteiger partial charge < -0.3 is 4.74 Å². The second kappa shape index (κ2) is 5.92. The molecule has 2 atom stereocenters. The second-order valence-electron chi connectivity index (χ2n) is 7.34. The van der Waals surface area contributed by atoms with E-state index in [1.165, 1.54) is 17.2 Å². The van der Waals surface area contributed by atoms with Gasteiger partial charge in [-0.1, -0.05) is 43.3 Å². The Labute approximate surface area is 134 Å². The molecule has 2 aromatic carbocycles. The second-order valence-corrected chi connectivity index (χ2v) is 7.34. The topological polar surface area (TPSA) is 12.5 Å². The molecule has 0 aliphatic carbocycles. The molecule has 0 radical (unpaired) electrons. The summed E-state index contributed by atoms with van der Waals surface area (Å²) in [5.74, 6) is 1.02. The van der Waals surface area contributed by atoms with E-state index in [4.69, 9.17) is 4.74 Å². The Morgan fingerprint density at radius 2 is 1.82 bits per heavy atom. The van der Waals surface area contributed by atoms with Gasteiger partial charge in [-0.2, -0.15) is 0 Å². The number of ether oxygens (including phenoxy) is 1. The molecule has 1 fully saturated rings. The Balaban J connectivity index is 1.81. The van der Waals surface area contributed by atoms with Crippen LogP contribution in [0.25, 0.3) is 10.8 Å². The quantitative estimate of drug-likeness (QED) is 0.801. The molecular formula is C20H27NO. The smallest absolute Gasteiger partial charge is 0.127 e. The molecule has 0 N–H and O–H groups in total. The Morgan fingerprint density at radius 3 is 2.50 bits per heavy atom. The number of hydrogen-bond acceptors (Lipinski definition) is 2. The Hall–Kier alpha value is -1.54. The summed E-state index contributed by atoms with van der Waals surface area (Å²) >= 11 is 0. The maximum absolute atomic E-state index is 6.40.